The van der Waals surface area contributed by atoms with Crippen molar-refractivity contribution in [2.75, 3.05) is 18.0 Å². The lowest BCUT2D eigenvalue weighted by Gasteiger charge is -2.32. The molecule has 0 radical (unpaired) electrons. The average molecular weight is 301 g/mol. The van der Waals surface area contributed by atoms with Crippen LogP contribution in [0.2, 0.25) is 0 Å². The lowest BCUT2D eigenvalue weighted by molar-refractivity contribution is 0.0930. The number of anilines is 1. The molecule has 1 aliphatic rings. The van der Waals surface area contributed by atoms with E-state index in [-0.39, 0.29) is 17.5 Å². The summed E-state index contributed by atoms with van der Waals surface area (Å²) in [5.74, 6) is 0.813. The lowest BCUT2D eigenvalue weighted by Crippen LogP contribution is -2.44. The summed E-state index contributed by atoms with van der Waals surface area (Å²) in [6, 6.07) is 5.07. The van der Waals surface area contributed by atoms with Gasteiger partial charge in [0, 0.05) is 43.2 Å². The van der Waals surface area contributed by atoms with Crippen molar-refractivity contribution >= 4 is 11.7 Å². The van der Waals surface area contributed by atoms with Crippen LogP contribution in [0.25, 0.3) is 0 Å². The monoisotopic (exact) mass is 301 g/mol. The van der Waals surface area contributed by atoms with Gasteiger partial charge in [-0.3, -0.25) is 14.7 Å². The van der Waals surface area contributed by atoms with Gasteiger partial charge in [0.1, 0.15) is 0 Å². The molecule has 1 amide bonds. The smallest absolute Gasteiger partial charge is 0.252 e. The van der Waals surface area contributed by atoms with Crippen molar-refractivity contribution in [1.82, 2.24) is 20.5 Å². The van der Waals surface area contributed by atoms with Gasteiger partial charge in [-0.15, -0.1) is 0 Å². The van der Waals surface area contributed by atoms with E-state index in [0.29, 0.717) is 5.56 Å². The SMILES string of the molecule is Cc1cc(N2CCC(NC(=O)c3ccc(=O)[nH]c3)CC2)n[nH]1. The van der Waals surface area contributed by atoms with Crippen LogP contribution in [0.4, 0.5) is 5.82 Å². The van der Waals surface area contributed by atoms with Gasteiger partial charge in [-0.25, -0.2) is 0 Å². The van der Waals surface area contributed by atoms with Crippen molar-refractivity contribution in [3.05, 3.63) is 46.0 Å². The van der Waals surface area contributed by atoms with Crippen molar-refractivity contribution in [2.24, 2.45) is 0 Å². The highest BCUT2D eigenvalue weighted by atomic mass is 16.2. The molecule has 3 heterocycles. The molecule has 0 atom stereocenters. The second-order valence-corrected chi connectivity index (χ2v) is 5.59. The summed E-state index contributed by atoms with van der Waals surface area (Å²) in [6.07, 6.45) is 3.20. The standard InChI is InChI=1S/C15H19N5O2/c1-10-8-13(19-18-10)20-6-4-12(5-7-20)17-15(22)11-2-3-14(21)16-9-11/h2-3,8-9,12H,4-7H2,1H3,(H,16,21)(H,17,22)(H,18,19). The number of aromatic nitrogens is 3. The van der Waals surface area contributed by atoms with Crippen molar-refractivity contribution in [3.8, 4) is 0 Å². The van der Waals surface area contributed by atoms with E-state index >= 15 is 0 Å². The predicted octanol–water partition coefficient (Wildman–Crippen LogP) is 0.805. The topological polar surface area (TPSA) is 93.9 Å². The Morgan fingerprint density at radius 3 is 2.73 bits per heavy atom. The van der Waals surface area contributed by atoms with Gasteiger partial charge in [0.25, 0.3) is 5.91 Å². The Kier molecular flexibility index (Phi) is 3.95. The first-order chi connectivity index (χ1) is 10.6. The number of carbonyl (C=O) groups excluding carboxylic acids is 1. The van der Waals surface area contributed by atoms with E-state index < -0.39 is 0 Å². The summed E-state index contributed by atoms with van der Waals surface area (Å²) in [4.78, 5) is 27.8. The maximum Gasteiger partial charge on any atom is 0.252 e. The average Bonchev–Trinajstić information content (AvgIpc) is 2.95. The Hall–Kier alpha value is -2.57. The summed E-state index contributed by atoms with van der Waals surface area (Å²) < 4.78 is 0. The number of pyridine rings is 1. The minimum Gasteiger partial charge on any atom is -0.355 e. The summed E-state index contributed by atoms with van der Waals surface area (Å²) >= 11 is 0. The van der Waals surface area contributed by atoms with E-state index in [1.54, 1.807) is 0 Å². The van der Waals surface area contributed by atoms with Crippen molar-refractivity contribution < 1.29 is 4.79 Å². The molecule has 116 valence electrons. The number of hydrogen-bond donors (Lipinski definition) is 3. The van der Waals surface area contributed by atoms with Gasteiger partial charge in [0.15, 0.2) is 5.82 Å². The molecule has 3 N–H and O–H groups in total. The largest absolute Gasteiger partial charge is 0.355 e. The first-order valence-corrected chi connectivity index (χ1v) is 7.38. The van der Waals surface area contributed by atoms with Crippen LogP contribution >= 0.6 is 0 Å². The van der Waals surface area contributed by atoms with E-state index in [2.05, 4.69) is 25.4 Å². The van der Waals surface area contributed by atoms with Crippen LogP contribution in [0.5, 0.6) is 0 Å². The molecule has 22 heavy (non-hydrogen) atoms. The van der Waals surface area contributed by atoms with Crippen LogP contribution in [-0.4, -0.2) is 40.2 Å². The first-order valence-electron chi connectivity index (χ1n) is 7.38. The van der Waals surface area contributed by atoms with Gasteiger partial charge in [0.05, 0.1) is 5.56 Å². The van der Waals surface area contributed by atoms with E-state index in [9.17, 15) is 9.59 Å². The number of carbonyl (C=O) groups is 1. The molecule has 0 aliphatic carbocycles. The lowest BCUT2D eigenvalue weighted by atomic mass is 10.0. The molecule has 1 saturated heterocycles. The van der Waals surface area contributed by atoms with E-state index in [4.69, 9.17) is 0 Å². The van der Waals surface area contributed by atoms with Crippen molar-refractivity contribution in [2.45, 2.75) is 25.8 Å². The molecule has 2 aromatic heterocycles. The number of H-pyrrole nitrogens is 2. The van der Waals surface area contributed by atoms with E-state index in [1.807, 2.05) is 13.0 Å². The Bertz CT molecular complexity index is 692. The summed E-state index contributed by atoms with van der Waals surface area (Å²) in [7, 11) is 0. The second-order valence-electron chi connectivity index (χ2n) is 5.59. The summed E-state index contributed by atoms with van der Waals surface area (Å²) in [6.45, 7) is 3.70. The second kappa shape index (κ2) is 6.05. The zero-order valence-electron chi connectivity index (χ0n) is 12.4. The van der Waals surface area contributed by atoms with Gasteiger partial charge in [0.2, 0.25) is 5.56 Å². The number of piperidine rings is 1. The van der Waals surface area contributed by atoms with Gasteiger partial charge >= 0.3 is 0 Å². The molecule has 2 aromatic rings. The molecular formula is C15H19N5O2. The fourth-order valence-corrected chi connectivity index (χ4v) is 2.64. The zero-order valence-corrected chi connectivity index (χ0v) is 12.4. The molecule has 3 rings (SSSR count). The molecular weight excluding hydrogens is 282 g/mol. The highest BCUT2D eigenvalue weighted by Gasteiger charge is 2.22. The number of nitrogens with one attached hydrogen (secondary N) is 3. The minimum absolute atomic E-state index is 0.148. The van der Waals surface area contributed by atoms with Gasteiger partial charge < -0.3 is 15.2 Å². The molecule has 0 unspecified atom stereocenters. The van der Waals surface area contributed by atoms with Crippen LogP contribution in [0, 0.1) is 6.92 Å². The third kappa shape index (κ3) is 3.19. The number of rotatable bonds is 3. The first kappa shape index (κ1) is 14.4. The third-order valence-corrected chi connectivity index (χ3v) is 3.89. The van der Waals surface area contributed by atoms with E-state index in [1.165, 1.54) is 18.3 Å². The Labute approximate surface area is 127 Å². The summed E-state index contributed by atoms with van der Waals surface area (Å²) in [5, 5.41) is 10.2. The van der Waals surface area contributed by atoms with Crippen LogP contribution in [-0.2, 0) is 0 Å². The molecule has 1 aliphatic heterocycles. The Balaban J connectivity index is 1.54. The number of hydrogen-bond acceptors (Lipinski definition) is 4. The van der Waals surface area contributed by atoms with Crippen LogP contribution in [0.3, 0.4) is 0 Å². The molecule has 7 heteroatoms. The van der Waals surface area contributed by atoms with Crippen molar-refractivity contribution in [1.29, 1.82) is 0 Å². The van der Waals surface area contributed by atoms with Crippen LogP contribution < -0.4 is 15.8 Å². The fraction of sp³-hybridized carbons (Fsp3) is 0.400. The highest BCUT2D eigenvalue weighted by molar-refractivity contribution is 5.94. The Morgan fingerprint density at radius 1 is 1.36 bits per heavy atom. The minimum atomic E-state index is -0.209. The third-order valence-electron chi connectivity index (χ3n) is 3.89. The Morgan fingerprint density at radius 2 is 2.14 bits per heavy atom. The normalized spacial score (nSPS) is 15.8. The van der Waals surface area contributed by atoms with Gasteiger partial charge in [-0.1, -0.05) is 0 Å². The number of aryl methyl sites for hydroxylation is 1. The van der Waals surface area contributed by atoms with E-state index in [0.717, 1.165) is 37.4 Å². The van der Waals surface area contributed by atoms with Crippen LogP contribution in [0.1, 0.15) is 28.9 Å². The number of aromatic amines is 2. The quantitative estimate of drug-likeness (QED) is 0.782. The predicted molar refractivity (Wildman–Crippen MR) is 83.1 cm³/mol. The molecule has 0 aromatic carbocycles. The number of amides is 1. The van der Waals surface area contributed by atoms with Gasteiger partial charge in [-0.05, 0) is 25.8 Å². The fourth-order valence-electron chi connectivity index (χ4n) is 2.64. The maximum atomic E-state index is 12.1. The van der Waals surface area contributed by atoms with Gasteiger partial charge in [-0.2, -0.15) is 5.10 Å². The van der Waals surface area contributed by atoms with Crippen molar-refractivity contribution in [3.63, 3.8) is 0 Å². The maximum absolute atomic E-state index is 12.1. The highest BCUT2D eigenvalue weighted by Crippen LogP contribution is 2.18. The molecule has 1 fully saturated rings. The molecule has 0 bridgehead atoms. The molecule has 7 nitrogen and oxygen atoms in total. The summed E-state index contributed by atoms with van der Waals surface area (Å²) in [5.41, 5.74) is 1.31. The molecule has 0 spiro atoms. The van der Waals surface area contributed by atoms with Crippen LogP contribution in [0.15, 0.2) is 29.2 Å². The molecule has 0 saturated carbocycles. The zero-order chi connectivity index (χ0) is 15.5. The number of nitrogens with zero attached hydrogens (tertiary/aromatic N) is 2.